The Bertz CT molecular complexity index is 3950. The molecule has 27 nitrogen and oxygen atoms in total. The van der Waals surface area contributed by atoms with Crippen LogP contribution in [0.2, 0.25) is 0 Å². The highest BCUT2D eigenvalue weighted by Gasteiger charge is 2.45. The molecule has 3 aromatic carbocycles. The number of para-hydroxylation sites is 1. The summed E-state index contributed by atoms with van der Waals surface area (Å²) in [5.74, 6) is -2.18. The van der Waals surface area contributed by atoms with Gasteiger partial charge in [0.2, 0.25) is 17.7 Å². The first-order valence-electron chi connectivity index (χ1n) is 32.0. The van der Waals surface area contributed by atoms with Gasteiger partial charge in [0.25, 0.3) is 11.8 Å². The number of ether oxygens (including phenoxy) is 2. The minimum atomic E-state index is -1.72. The number of carboxylic acids is 2. The van der Waals surface area contributed by atoms with Gasteiger partial charge in [0, 0.05) is 46.8 Å². The maximum absolute atomic E-state index is 15.6. The van der Waals surface area contributed by atoms with Gasteiger partial charge in [0.15, 0.2) is 28.2 Å². The van der Waals surface area contributed by atoms with Crippen LogP contribution in [0.4, 0.5) is 25.8 Å². The number of aromatic nitrogens is 4. The molecule has 30 heteroatoms. The SMILES string of the molecule is Cc1cc(C(C)c2nc(C(=O)O)c(CCCOc3ccc(C#CC[N+](C)(C)Cc4ccc(NC(=O)[C@H](CCCNC(N)=O)NC(=O)[C@@H](NC(=O)CCOCCN5C(=O)C=CC5=O)C(C)C)cc4CC[C@@H]4C[C@H](C(=O)O)[C@@H](O)[C@H](O)[C@H]4O)cc3F)s2)nnc1Nc1nc2ccccc2s1. The zero-order chi connectivity index (χ0) is 71.0. The number of primary amides is 1. The highest BCUT2D eigenvalue weighted by molar-refractivity contribution is 7.22. The lowest BCUT2D eigenvalue weighted by atomic mass is 9.73. The van der Waals surface area contributed by atoms with Gasteiger partial charge in [-0.3, -0.25) is 33.7 Å². The van der Waals surface area contributed by atoms with E-state index in [4.69, 9.17) is 15.2 Å². The van der Waals surface area contributed by atoms with E-state index in [0.717, 1.165) is 38.4 Å². The van der Waals surface area contributed by atoms with Crippen LogP contribution in [0.15, 0.2) is 78.9 Å². The fourth-order valence-electron chi connectivity index (χ4n) is 11.3. The average Bonchev–Trinajstić information content (AvgIpc) is 1.30. The number of thiazole rings is 2. The Balaban J connectivity index is 0.891. The fourth-order valence-corrected chi connectivity index (χ4v) is 13.3. The molecule has 2 aliphatic rings. The van der Waals surface area contributed by atoms with Gasteiger partial charge in [0.05, 0.1) is 80.4 Å². The maximum Gasteiger partial charge on any atom is 0.355 e. The molecule has 4 heterocycles. The number of aromatic carboxylic acids is 1. The number of imide groups is 1. The van der Waals surface area contributed by atoms with Crippen LogP contribution >= 0.6 is 22.7 Å². The number of aliphatic hydroxyl groups is 3. The van der Waals surface area contributed by atoms with Crippen LogP contribution in [0.3, 0.4) is 0 Å². The number of rotatable bonds is 33. The molecule has 8 atom stereocenters. The molecule has 1 aliphatic heterocycles. The molecule has 0 spiro atoms. The van der Waals surface area contributed by atoms with E-state index in [1.807, 2.05) is 58.3 Å². The van der Waals surface area contributed by atoms with Crippen LogP contribution in [0.25, 0.3) is 10.2 Å². The molecule has 8 rings (SSSR count). The number of carboxylic acid groups (broad SMARTS) is 2. The predicted octanol–water partition coefficient (Wildman–Crippen LogP) is 5.30. The zero-order valence-corrected chi connectivity index (χ0v) is 56.7. The van der Waals surface area contributed by atoms with Gasteiger partial charge in [0.1, 0.15) is 36.3 Å². The monoisotopic (exact) mass is 1390 g/mol. The molecule has 0 bridgehead atoms. The van der Waals surface area contributed by atoms with Crippen LogP contribution in [0.1, 0.15) is 114 Å². The lowest BCUT2D eigenvalue weighted by molar-refractivity contribution is -0.896. The summed E-state index contributed by atoms with van der Waals surface area (Å²) in [6.45, 7) is 7.80. The summed E-state index contributed by atoms with van der Waals surface area (Å²) < 4.78 is 28.2. The number of halogens is 1. The number of carbonyl (C=O) groups excluding carboxylic acids is 6. The van der Waals surface area contributed by atoms with E-state index in [1.54, 1.807) is 38.1 Å². The molecular weight excluding hydrogens is 1310 g/mol. The van der Waals surface area contributed by atoms with Crippen molar-refractivity contribution in [2.45, 2.75) is 122 Å². The number of nitrogens with one attached hydrogen (secondary N) is 5. The molecular formula is C68H82FN12O15S2+. The van der Waals surface area contributed by atoms with E-state index in [1.165, 1.54) is 34.8 Å². The minimum Gasteiger partial charge on any atom is -0.491 e. The summed E-state index contributed by atoms with van der Waals surface area (Å²) in [6.07, 6.45) is -1.62. The van der Waals surface area contributed by atoms with Gasteiger partial charge >= 0.3 is 18.0 Å². The molecule has 7 amide bonds. The van der Waals surface area contributed by atoms with Crippen molar-refractivity contribution in [2.75, 3.05) is 64.2 Å². The molecule has 1 saturated carbocycles. The van der Waals surface area contributed by atoms with Gasteiger partial charge in [-0.1, -0.05) is 56.2 Å². The number of nitrogens with two attached hydrogens (primary N) is 1. The van der Waals surface area contributed by atoms with Crippen molar-refractivity contribution in [3.63, 3.8) is 0 Å². The number of benzene rings is 3. The van der Waals surface area contributed by atoms with Gasteiger partial charge in [-0.25, -0.2) is 23.9 Å². The number of hydrogen-bond donors (Lipinski definition) is 11. The molecule has 98 heavy (non-hydrogen) atoms. The van der Waals surface area contributed by atoms with Crippen molar-refractivity contribution >= 4 is 97.0 Å². The average molecular weight is 1390 g/mol. The van der Waals surface area contributed by atoms with Crippen molar-refractivity contribution in [2.24, 2.45) is 23.5 Å². The van der Waals surface area contributed by atoms with Crippen molar-refractivity contribution < 1.29 is 82.2 Å². The van der Waals surface area contributed by atoms with E-state index in [0.29, 0.717) is 62.7 Å². The van der Waals surface area contributed by atoms with E-state index >= 15 is 4.39 Å². The van der Waals surface area contributed by atoms with Crippen LogP contribution in [-0.2, 0) is 52.9 Å². The number of anilines is 3. The number of aliphatic carboxylic acids is 1. The van der Waals surface area contributed by atoms with Crippen molar-refractivity contribution in [3.8, 4) is 17.6 Å². The number of aryl methyl sites for hydroxylation is 3. The van der Waals surface area contributed by atoms with Gasteiger partial charge in [-0.05, 0) is 129 Å². The van der Waals surface area contributed by atoms with Crippen molar-refractivity contribution in [1.82, 2.24) is 41.0 Å². The van der Waals surface area contributed by atoms with E-state index < -0.39 is 101 Å². The Morgan fingerprint density at radius 1 is 0.847 bits per heavy atom. The number of carbonyl (C=O) groups is 8. The van der Waals surface area contributed by atoms with Crippen LogP contribution in [0.5, 0.6) is 5.75 Å². The van der Waals surface area contributed by atoms with Gasteiger partial charge in [-0.2, -0.15) is 5.10 Å². The largest absolute Gasteiger partial charge is 0.491 e. The van der Waals surface area contributed by atoms with Crippen LogP contribution < -0.4 is 37.1 Å². The molecule has 522 valence electrons. The Morgan fingerprint density at radius 3 is 2.30 bits per heavy atom. The Labute approximate surface area is 573 Å². The van der Waals surface area contributed by atoms with Gasteiger partial charge < -0.3 is 71.8 Å². The first-order chi connectivity index (χ1) is 46.6. The third-order valence-electron chi connectivity index (χ3n) is 16.8. The molecule has 1 fully saturated rings. The van der Waals surface area contributed by atoms with E-state index in [2.05, 4.69) is 58.6 Å². The standard InChI is InChI=1S/C68H81FN12O15S2/c1-37(2)56(75-53(82)25-30-95-31-27-80-54(83)23-24-55(80)84)63(89)73-48(14-9-26-71-67(70)94)62(88)72-44-21-20-43(41(34-44)18-19-42-35-45(65(90)91)59(86)60(87)58(42)85)36-81(5,6)28-10-12-40-17-22-50(46(69)33-40)96-29-11-16-52-57(66(92)93)76-64(97-52)39(4)49-32-38(3)61(79-78-49)77-68-74-47-13-7-8-15-51(47)98-68/h7-8,13,15,17,20-24,32-34,37,39,42,45,48,56,58-60,85-87H,9,11,14,16,18-19,25-31,35-36H2,1-6H3,(H8-,70,71,72,73,74,75,77,79,82,88,89,90,91,92,93,94)/p+1/t39?,42-,45+,48+,56+,58+,59-,60-/m1/s1. The van der Waals surface area contributed by atoms with E-state index in [9.17, 15) is 63.9 Å². The molecule has 0 saturated heterocycles. The second kappa shape index (κ2) is 34.2. The Kier molecular flexibility index (Phi) is 26.0. The van der Waals surface area contributed by atoms with Crippen LogP contribution in [-0.4, -0.2) is 187 Å². The number of fused-ring (bicyclic) bond motifs is 1. The summed E-state index contributed by atoms with van der Waals surface area (Å²) >= 11 is 2.76. The highest BCUT2D eigenvalue weighted by Crippen LogP contribution is 2.36. The molecule has 6 aromatic rings. The molecule has 3 aromatic heterocycles. The van der Waals surface area contributed by atoms with Crippen LogP contribution in [0, 0.1) is 42.3 Å². The first-order valence-corrected chi connectivity index (χ1v) is 33.6. The summed E-state index contributed by atoms with van der Waals surface area (Å²) in [6, 6.07) is 16.1. The molecule has 1 aliphatic carbocycles. The first kappa shape index (κ1) is 74.4. The smallest absolute Gasteiger partial charge is 0.355 e. The Morgan fingerprint density at radius 2 is 1.60 bits per heavy atom. The number of quaternary nitrogens is 1. The summed E-state index contributed by atoms with van der Waals surface area (Å²) in [5, 5.41) is 76.4. The second-order valence-corrected chi connectivity index (χ2v) is 27.3. The highest BCUT2D eigenvalue weighted by atomic mass is 32.1. The van der Waals surface area contributed by atoms with E-state index in [-0.39, 0.29) is 99.8 Å². The van der Waals surface area contributed by atoms with Crippen molar-refractivity contribution in [3.05, 3.63) is 128 Å². The quantitative estimate of drug-likeness (QED) is 0.0108. The third-order valence-corrected chi connectivity index (χ3v) is 19.0. The number of amides is 7. The Hall–Kier alpha value is -9.35. The van der Waals surface area contributed by atoms with Gasteiger partial charge in [-0.15, -0.1) is 16.4 Å². The van der Waals surface area contributed by atoms with Crippen molar-refractivity contribution in [1.29, 1.82) is 0 Å². The number of hydrogen-bond acceptors (Lipinski definition) is 20. The zero-order valence-electron chi connectivity index (χ0n) is 55.1. The molecule has 1 unspecified atom stereocenters. The topological polar surface area (TPSA) is 397 Å². The minimum absolute atomic E-state index is 0.00898. The predicted molar refractivity (Wildman–Crippen MR) is 361 cm³/mol. The second-order valence-electron chi connectivity index (χ2n) is 25.1. The maximum atomic E-state index is 15.6. The fraction of sp³-hybridized carbons (Fsp3) is 0.441. The number of aliphatic hydroxyl groups excluding tert-OH is 3. The number of urea groups is 1. The normalized spacial score (nSPS) is 17.8. The number of nitrogens with zero attached hydrogens (tertiary/aromatic N) is 6. The third kappa shape index (κ3) is 20.4. The molecule has 12 N–H and O–H groups in total. The lowest BCUT2D eigenvalue weighted by Crippen LogP contribution is -2.54. The summed E-state index contributed by atoms with van der Waals surface area (Å²) in [7, 11) is 3.84. The lowest BCUT2D eigenvalue weighted by Gasteiger charge is -2.39. The molecule has 0 radical (unpaired) electrons. The summed E-state index contributed by atoms with van der Waals surface area (Å²) in [4.78, 5) is 112. The summed E-state index contributed by atoms with van der Waals surface area (Å²) in [5.41, 5.74) is 9.62.